The monoisotopic (exact) mass is 218 g/mol. The van der Waals surface area contributed by atoms with Crippen LogP contribution in [0.3, 0.4) is 0 Å². The van der Waals surface area contributed by atoms with Gasteiger partial charge in [-0.2, -0.15) is 0 Å². The van der Waals surface area contributed by atoms with E-state index in [0.29, 0.717) is 6.42 Å². The summed E-state index contributed by atoms with van der Waals surface area (Å²) >= 11 is 0. The topological polar surface area (TPSA) is 68.2 Å². The number of methoxy groups -OCH3 is 1. The Hall–Kier alpha value is -0.200. The normalized spacial score (nSPS) is 49.0. The van der Waals surface area contributed by atoms with E-state index in [0.717, 1.165) is 0 Å². The van der Waals surface area contributed by atoms with Gasteiger partial charge in [-0.1, -0.05) is 0 Å². The highest BCUT2D eigenvalue weighted by atomic mass is 16.8. The lowest BCUT2D eigenvalue weighted by molar-refractivity contribution is -0.243. The fourth-order valence-electron chi connectivity index (χ4n) is 2.35. The van der Waals surface area contributed by atoms with Crippen LogP contribution in [-0.2, 0) is 14.2 Å². The lowest BCUT2D eigenvalue weighted by atomic mass is 9.87. The molecule has 15 heavy (non-hydrogen) atoms. The Balaban J connectivity index is 2.14. The van der Waals surface area contributed by atoms with Gasteiger partial charge < -0.3 is 24.4 Å². The van der Waals surface area contributed by atoms with Crippen LogP contribution in [0.2, 0.25) is 0 Å². The lowest BCUT2D eigenvalue weighted by Crippen LogP contribution is -2.52. The summed E-state index contributed by atoms with van der Waals surface area (Å²) in [6.45, 7) is 3.59. The first-order valence-electron chi connectivity index (χ1n) is 5.16. The summed E-state index contributed by atoms with van der Waals surface area (Å²) in [7, 11) is 1.42. The molecule has 1 aliphatic carbocycles. The van der Waals surface area contributed by atoms with E-state index in [9.17, 15) is 10.2 Å². The molecule has 0 bridgehead atoms. The zero-order chi connectivity index (χ0) is 11.3. The molecule has 1 heterocycles. The Kier molecular flexibility index (Phi) is 2.56. The molecule has 1 saturated heterocycles. The second-order valence-electron chi connectivity index (χ2n) is 4.76. The molecule has 88 valence electrons. The van der Waals surface area contributed by atoms with Crippen molar-refractivity contribution < 1.29 is 24.4 Å². The molecule has 0 aromatic rings. The van der Waals surface area contributed by atoms with Gasteiger partial charge in [-0.3, -0.25) is 0 Å². The van der Waals surface area contributed by atoms with Gasteiger partial charge in [0.2, 0.25) is 0 Å². The summed E-state index contributed by atoms with van der Waals surface area (Å²) in [5, 5.41) is 19.8. The van der Waals surface area contributed by atoms with Crippen LogP contribution < -0.4 is 0 Å². The first-order chi connectivity index (χ1) is 6.85. The van der Waals surface area contributed by atoms with Gasteiger partial charge in [0.05, 0.1) is 12.2 Å². The van der Waals surface area contributed by atoms with E-state index < -0.39 is 17.7 Å². The molecular weight excluding hydrogens is 200 g/mol. The van der Waals surface area contributed by atoms with Crippen molar-refractivity contribution in [2.45, 2.75) is 56.6 Å². The zero-order valence-corrected chi connectivity index (χ0v) is 9.27. The van der Waals surface area contributed by atoms with Crippen molar-refractivity contribution in [2.75, 3.05) is 7.11 Å². The summed E-state index contributed by atoms with van der Waals surface area (Å²) in [6.07, 6.45) is -0.946. The molecule has 0 aromatic carbocycles. The number of hydrogen-bond acceptors (Lipinski definition) is 5. The van der Waals surface area contributed by atoms with Crippen LogP contribution in [0.15, 0.2) is 0 Å². The standard InChI is InChI=1S/C10H18O5/c1-9(2)14-7-5-10(12,13-3)4-6(11)8(7)15-9/h6-8,11-12H,4-5H2,1-3H3/t6-,7-,8?,10+/m1/s1. The van der Waals surface area contributed by atoms with Crippen LogP contribution >= 0.6 is 0 Å². The van der Waals surface area contributed by atoms with Crippen molar-refractivity contribution in [3.8, 4) is 0 Å². The number of ether oxygens (including phenoxy) is 3. The van der Waals surface area contributed by atoms with Crippen molar-refractivity contribution in [1.82, 2.24) is 0 Å². The van der Waals surface area contributed by atoms with Crippen LogP contribution in [0.25, 0.3) is 0 Å². The zero-order valence-electron chi connectivity index (χ0n) is 9.27. The van der Waals surface area contributed by atoms with Crippen LogP contribution in [0.1, 0.15) is 26.7 Å². The van der Waals surface area contributed by atoms with E-state index in [1.165, 1.54) is 7.11 Å². The van der Waals surface area contributed by atoms with Crippen molar-refractivity contribution >= 4 is 0 Å². The fourth-order valence-corrected chi connectivity index (χ4v) is 2.35. The Bertz CT molecular complexity index is 254. The van der Waals surface area contributed by atoms with Crippen LogP contribution in [0, 0.1) is 0 Å². The first-order valence-corrected chi connectivity index (χ1v) is 5.16. The SMILES string of the molecule is CO[C@@]1(O)C[C@@H](O)C2OC(C)(C)O[C@@H]2C1. The van der Waals surface area contributed by atoms with Gasteiger partial charge in [0.15, 0.2) is 11.6 Å². The number of fused-ring (bicyclic) bond motifs is 1. The van der Waals surface area contributed by atoms with Crippen LogP contribution in [0.5, 0.6) is 0 Å². The third-order valence-corrected chi connectivity index (χ3v) is 3.03. The minimum atomic E-state index is -1.30. The van der Waals surface area contributed by atoms with Crippen molar-refractivity contribution in [3.63, 3.8) is 0 Å². The summed E-state index contributed by atoms with van der Waals surface area (Å²) in [4.78, 5) is 0. The van der Waals surface area contributed by atoms with E-state index >= 15 is 0 Å². The molecule has 1 saturated carbocycles. The van der Waals surface area contributed by atoms with Crippen molar-refractivity contribution in [3.05, 3.63) is 0 Å². The maximum absolute atomic E-state index is 9.95. The predicted molar refractivity (Wildman–Crippen MR) is 51.0 cm³/mol. The molecule has 2 aliphatic rings. The molecule has 2 rings (SSSR count). The number of aliphatic hydroxyl groups is 2. The molecule has 0 amide bonds. The van der Waals surface area contributed by atoms with E-state index in [4.69, 9.17) is 14.2 Å². The molecule has 2 N–H and O–H groups in total. The van der Waals surface area contributed by atoms with E-state index in [-0.39, 0.29) is 18.6 Å². The number of hydrogen-bond donors (Lipinski definition) is 2. The van der Waals surface area contributed by atoms with Gasteiger partial charge in [0, 0.05) is 20.0 Å². The highest BCUT2D eigenvalue weighted by molar-refractivity contribution is 4.96. The first kappa shape index (κ1) is 11.3. The van der Waals surface area contributed by atoms with Gasteiger partial charge in [-0.15, -0.1) is 0 Å². The van der Waals surface area contributed by atoms with E-state index in [2.05, 4.69) is 0 Å². The minimum absolute atomic E-state index is 0.157. The molecular formula is C10H18O5. The van der Waals surface area contributed by atoms with Gasteiger partial charge in [-0.25, -0.2) is 0 Å². The lowest BCUT2D eigenvalue weighted by Gasteiger charge is -2.38. The molecule has 0 aromatic heterocycles. The van der Waals surface area contributed by atoms with Gasteiger partial charge >= 0.3 is 0 Å². The summed E-state index contributed by atoms with van der Waals surface area (Å²) in [5.41, 5.74) is 0. The molecule has 5 heteroatoms. The highest BCUT2D eigenvalue weighted by Gasteiger charge is 2.53. The van der Waals surface area contributed by atoms with Crippen LogP contribution in [-0.4, -0.2) is 47.2 Å². The van der Waals surface area contributed by atoms with Crippen LogP contribution in [0.4, 0.5) is 0 Å². The smallest absolute Gasteiger partial charge is 0.170 e. The Labute approximate surface area is 88.9 Å². The largest absolute Gasteiger partial charge is 0.390 e. The van der Waals surface area contributed by atoms with Gasteiger partial charge in [0.1, 0.15) is 6.10 Å². The quantitative estimate of drug-likeness (QED) is 0.606. The molecule has 4 atom stereocenters. The number of rotatable bonds is 1. The maximum Gasteiger partial charge on any atom is 0.170 e. The molecule has 2 fully saturated rings. The fraction of sp³-hybridized carbons (Fsp3) is 1.00. The second kappa shape index (κ2) is 3.40. The minimum Gasteiger partial charge on any atom is -0.390 e. The number of aliphatic hydroxyl groups excluding tert-OH is 1. The summed E-state index contributed by atoms with van der Waals surface area (Å²) < 4.78 is 16.1. The maximum atomic E-state index is 9.95. The Morgan fingerprint density at radius 2 is 1.93 bits per heavy atom. The predicted octanol–water partition coefficient (Wildman–Crippen LogP) is -0.00380. The second-order valence-corrected chi connectivity index (χ2v) is 4.76. The molecule has 1 aliphatic heterocycles. The Morgan fingerprint density at radius 1 is 1.27 bits per heavy atom. The third kappa shape index (κ3) is 2.03. The average Bonchev–Trinajstić information content (AvgIpc) is 2.40. The molecule has 5 nitrogen and oxygen atoms in total. The third-order valence-electron chi connectivity index (χ3n) is 3.03. The molecule has 0 radical (unpaired) electrons. The Morgan fingerprint density at radius 3 is 2.53 bits per heavy atom. The molecule has 1 unspecified atom stereocenters. The van der Waals surface area contributed by atoms with Crippen molar-refractivity contribution in [1.29, 1.82) is 0 Å². The van der Waals surface area contributed by atoms with Crippen molar-refractivity contribution in [2.24, 2.45) is 0 Å². The highest BCUT2D eigenvalue weighted by Crippen LogP contribution is 2.40. The van der Waals surface area contributed by atoms with E-state index in [1.807, 2.05) is 0 Å². The summed E-state index contributed by atoms with van der Waals surface area (Å²) in [5.74, 6) is -2.00. The summed E-state index contributed by atoms with van der Waals surface area (Å²) in [6, 6.07) is 0. The van der Waals surface area contributed by atoms with Gasteiger partial charge in [0.25, 0.3) is 0 Å². The molecule has 0 spiro atoms. The average molecular weight is 218 g/mol. The van der Waals surface area contributed by atoms with Gasteiger partial charge in [-0.05, 0) is 13.8 Å². The van der Waals surface area contributed by atoms with E-state index in [1.54, 1.807) is 13.8 Å².